The molecule has 3 heterocycles. The lowest BCUT2D eigenvalue weighted by atomic mass is 9.98. The van der Waals surface area contributed by atoms with Gasteiger partial charge in [0.15, 0.2) is 0 Å². The molecule has 0 unspecified atom stereocenters. The van der Waals surface area contributed by atoms with Gasteiger partial charge in [0.1, 0.15) is 10.4 Å². The highest BCUT2D eigenvalue weighted by atomic mass is 79.9. The monoisotopic (exact) mass is 432 g/mol. The van der Waals surface area contributed by atoms with Crippen LogP contribution in [0.2, 0.25) is 0 Å². The second-order valence-electron chi connectivity index (χ2n) is 7.93. The van der Waals surface area contributed by atoms with Crippen molar-refractivity contribution in [3.05, 3.63) is 34.5 Å². The molecule has 3 atom stereocenters. The number of carbonyl (C=O) groups is 2. The molecule has 0 aromatic carbocycles. The summed E-state index contributed by atoms with van der Waals surface area (Å²) in [5.74, 6) is 0.432. The van der Waals surface area contributed by atoms with Crippen LogP contribution in [0, 0.1) is 5.41 Å². The number of hydrogen-bond acceptors (Lipinski definition) is 4. The van der Waals surface area contributed by atoms with Crippen molar-refractivity contribution < 1.29 is 9.59 Å². The lowest BCUT2D eigenvalue weighted by Crippen LogP contribution is -2.38. The Labute approximate surface area is 167 Å². The molecule has 2 N–H and O–H groups in total. The number of pyridine rings is 1. The molecule has 1 spiro atoms. The van der Waals surface area contributed by atoms with Crippen LogP contribution < -0.4 is 10.6 Å². The maximum absolute atomic E-state index is 12.8. The fourth-order valence-electron chi connectivity index (χ4n) is 4.14. The Balaban J connectivity index is 1.59. The number of nitrogens with one attached hydrogen (secondary N) is 2. The van der Waals surface area contributed by atoms with E-state index in [0.29, 0.717) is 16.5 Å². The second kappa shape index (κ2) is 7.36. The molecular weight excluding hydrogens is 408 g/mol. The van der Waals surface area contributed by atoms with E-state index in [0.717, 1.165) is 44.2 Å². The molecule has 1 aromatic rings. The third kappa shape index (κ3) is 3.94. The van der Waals surface area contributed by atoms with E-state index in [9.17, 15) is 9.59 Å². The third-order valence-electron chi connectivity index (χ3n) is 5.94. The molecule has 6 nitrogen and oxygen atoms in total. The van der Waals surface area contributed by atoms with Gasteiger partial charge < -0.3 is 15.5 Å². The van der Waals surface area contributed by atoms with Gasteiger partial charge in [0, 0.05) is 30.6 Å². The number of carbonyl (C=O) groups excluding carboxylic acids is 2. The van der Waals surface area contributed by atoms with Crippen LogP contribution in [0.4, 0.5) is 5.82 Å². The van der Waals surface area contributed by atoms with Crippen LogP contribution in [0.15, 0.2) is 28.9 Å². The summed E-state index contributed by atoms with van der Waals surface area (Å²) in [7, 11) is 1.84. The number of anilines is 1. The number of nitrogens with zero attached hydrogens (tertiary/aromatic N) is 2. The van der Waals surface area contributed by atoms with Gasteiger partial charge in [0.25, 0.3) is 0 Å². The highest BCUT2D eigenvalue weighted by molar-refractivity contribution is 9.10. The van der Waals surface area contributed by atoms with Gasteiger partial charge in [0.2, 0.25) is 11.8 Å². The van der Waals surface area contributed by atoms with Crippen LogP contribution in [0.5, 0.6) is 0 Å². The average Bonchev–Trinajstić information content (AvgIpc) is 3.18. The minimum absolute atomic E-state index is 0.0384. The predicted molar refractivity (Wildman–Crippen MR) is 107 cm³/mol. The number of fused-ring (bicyclic) bond motifs is 2. The van der Waals surface area contributed by atoms with Crippen molar-refractivity contribution in [3.8, 4) is 0 Å². The maximum atomic E-state index is 12.8. The number of likely N-dealkylation sites (N-methyl/N-ethyl adjacent to an activating group) is 1. The van der Waals surface area contributed by atoms with Crippen molar-refractivity contribution in [3.63, 3.8) is 0 Å². The first kappa shape index (κ1) is 18.6. The lowest BCUT2D eigenvalue weighted by Gasteiger charge is -2.19. The van der Waals surface area contributed by atoms with E-state index in [1.165, 1.54) is 0 Å². The number of hydrogen-bond donors (Lipinski definition) is 2. The van der Waals surface area contributed by atoms with Crippen molar-refractivity contribution in [1.82, 2.24) is 15.2 Å². The molecule has 1 saturated carbocycles. The molecule has 1 aliphatic carbocycles. The Bertz CT molecular complexity index is 796. The largest absolute Gasteiger partial charge is 0.345 e. The van der Waals surface area contributed by atoms with E-state index in [4.69, 9.17) is 0 Å². The summed E-state index contributed by atoms with van der Waals surface area (Å²) in [5, 5.41) is 6.39. The zero-order chi connectivity index (χ0) is 19.0. The Morgan fingerprint density at radius 3 is 2.96 bits per heavy atom. The van der Waals surface area contributed by atoms with Crippen molar-refractivity contribution >= 4 is 33.6 Å². The lowest BCUT2D eigenvalue weighted by molar-refractivity contribution is -0.129. The molecule has 2 amide bonds. The Morgan fingerprint density at radius 1 is 1.26 bits per heavy atom. The smallest absolute Gasteiger partial charge is 0.242 e. The molecule has 144 valence electrons. The van der Waals surface area contributed by atoms with E-state index >= 15 is 0 Å². The predicted octanol–water partition coefficient (Wildman–Crippen LogP) is 2.64. The number of amides is 2. The van der Waals surface area contributed by atoms with E-state index in [2.05, 4.69) is 43.7 Å². The van der Waals surface area contributed by atoms with Gasteiger partial charge in [-0.15, -0.1) is 0 Å². The van der Waals surface area contributed by atoms with E-state index < -0.39 is 0 Å². The second-order valence-corrected chi connectivity index (χ2v) is 8.75. The van der Waals surface area contributed by atoms with Gasteiger partial charge in [-0.2, -0.15) is 0 Å². The summed E-state index contributed by atoms with van der Waals surface area (Å²) in [6.07, 6.45) is 9.81. The van der Waals surface area contributed by atoms with Crippen LogP contribution in [0.1, 0.15) is 37.7 Å². The Morgan fingerprint density at radius 2 is 2.11 bits per heavy atom. The van der Waals surface area contributed by atoms with E-state index in [1.54, 1.807) is 11.0 Å². The molecule has 0 radical (unpaired) electrons. The summed E-state index contributed by atoms with van der Waals surface area (Å²) in [6, 6.07) is 3.85. The number of piperidine rings is 1. The van der Waals surface area contributed by atoms with Gasteiger partial charge in [-0.05, 0) is 54.1 Å². The van der Waals surface area contributed by atoms with Crippen molar-refractivity contribution in [1.29, 1.82) is 0 Å². The summed E-state index contributed by atoms with van der Waals surface area (Å²) in [5.41, 5.74) is 0.896. The molecule has 2 bridgehead atoms. The fraction of sp³-hybridized carbons (Fsp3) is 0.550. The molecule has 2 fully saturated rings. The number of rotatable bonds is 0. The number of aromatic nitrogens is 1. The minimum atomic E-state index is -0.215. The number of allylic oxidation sites excluding steroid dienone is 1. The zero-order valence-corrected chi connectivity index (χ0v) is 17.1. The Kier molecular flexibility index (Phi) is 5.07. The maximum Gasteiger partial charge on any atom is 0.242 e. The summed E-state index contributed by atoms with van der Waals surface area (Å²) in [6.45, 7) is 0.746. The molecule has 7 heteroatoms. The molecule has 1 aromatic heterocycles. The molecule has 1 saturated heterocycles. The van der Waals surface area contributed by atoms with Crippen molar-refractivity contribution in [2.45, 2.75) is 50.6 Å². The summed E-state index contributed by atoms with van der Waals surface area (Å²) >= 11 is 3.36. The summed E-state index contributed by atoms with van der Waals surface area (Å²) < 4.78 is 0.637. The first-order valence-electron chi connectivity index (χ1n) is 9.61. The topological polar surface area (TPSA) is 74.3 Å². The molecule has 27 heavy (non-hydrogen) atoms. The van der Waals surface area contributed by atoms with E-state index in [1.807, 2.05) is 13.1 Å². The number of halogens is 1. The quantitative estimate of drug-likeness (QED) is 0.488. The zero-order valence-electron chi connectivity index (χ0n) is 15.5. The van der Waals surface area contributed by atoms with Crippen LogP contribution in [-0.4, -0.2) is 47.4 Å². The van der Waals surface area contributed by atoms with Gasteiger partial charge in [-0.1, -0.05) is 18.2 Å². The average molecular weight is 433 g/mol. The van der Waals surface area contributed by atoms with Crippen LogP contribution in [-0.2, 0) is 16.0 Å². The van der Waals surface area contributed by atoms with Gasteiger partial charge in [-0.25, -0.2) is 4.98 Å². The van der Waals surface area contributed by atoms with Gasteiger partial charge >= 0.3 is 0 Å². The minimum Gasteiger partial charge on any atom is -0.345 e. The SMILES string of the molecule is CN1CCCC/C=C/[C@@]23C[C@H](N[C@@H]2C3)C(=O)Nc2nc(Br)ccc2CC1=O. The van der Waals surface area contributed by atoms with Crippen LogP contribution in [0.25, 0.3) is 0 Å². The van der Waals surface area contributed by atoms with Gasteiger partial charge in [0.05, 0.1) is 12.5 Å². The third-order valence-corrected chi connectivity index (χ3v) is 6.38. The summed E-state index contributed by atoms with van der Waals surface area (Å²) in [4.78, 5) is 31.5. The van der Waals surface area contributed by atoms with Gasteiger partial charge in [-0.3, -0.25) is 9.59 Å². The Hall–Kier alpha value is -1.73. The van der Waals surface area contributed by atoms with Crippen LogP contribution in [0.3, 0.4) is 0 Å². The van der Waals surface area contributed by atoms with Crippen molar-refractivity contribution in [2.75, 3.05) is 18.9 Å². The molecule has 4 rings (SSSR count). The first-order valence-corrected chi connectivity index (χ1v) is 10.4. The normalized spacial score (nSPS) is 32.4. The van der Waals surface area contributed by atoms with Crippen LogP contribution >= 0.6 is 15.9 Å². The first-order chi connectivity index (χ1) is 13.0. The van der Waals surface area contributed by atoms with E-state index in [-0.39, 0.29) is 29.7 Å². The molecule has 2 aliphatic heterocycles. The molecule has 3 aliphatic rings. The highest BCUT2D eigenvalue weighted by Crippen LogP contribution is 2.55. The van der Waals surface area contributed by atoms with Crippen molar-refractivity contribution in [2.24, 2.45) is 5.41 Å². The standard InChI is InChI=1S/C20H25BrN4O2/c1-25-9-5-3-2-4-8-20-11-14(22-15(20)12-20)19(27)24-18-13(10-17(25)26)6-7-16(21)23-18/h4,6-8,14-15,22H,2-3,5,9-12H2,1H3,(H,23,24,27)/b8-4+/t14-,15+,20-/m0/s1. The highest BCUT2D eigenvalue weighted by Gasteiger charge is 2.59. The molecular formula is C20H25BrN4O2. The fourth-order valence-corrected chi connectivity index (χ4v) is 4.45.